The summed E-state index contributed by atoms with van der Waals surface area (Å²) in [6.07, 6.45) is 4.18. The van der Waals surface area contributed by atoms with Crippen LogP contribution in [0, 0.1) is 5.92 Å². The summed E-state index contributed by atoms with van der Waals surface area (Å²) in [6.45, 7) is 4.11. The first-order valence-electron chi connectivity index (χ1n) is 6.81. The lowest BCUT2D eigenvalue weighted by atomic mass is 10.0. The highest BCUT2D eigenvalue weighted by Crippen LogP contribution is 2.18. The van der Waals surface area contributed by atoms with E-state index in [9.17, 15) is 4.79 Å². The molecule has 4 heteroatoms. The Bertz CT molecular complexity index is 261. The first-order chi connectivity index (χ1) is 8.16. The van der Waals surface area contributed by atoms with Crippen LogP contribution < -0.4 is 5.32 Å². The molecule has 2 aliphatic heterocycles. The van der Waals surface area contributed by atoms with Crippen LogP contribution in [0.5, 0.6) is 0 Å². The molecule has 1 amide bonds. The van der Waals surface area contributed by atoms with Crippen LogP contribution in [0.25, 0.3) is 0 Å². The molecule has 0 aromatic heterocycles. The highest BCUT2D eigenvalue weighted by molar-refractivity contribution is 5.76. The summed E-state index contributed by atoms with van der Waals surface area (Å²) in [4.78, 5) is 16.3. The normalized spacial score (nSPS) is 29.2. The van der Waals surface area contributed by atoms with Crippen molar-refractivity contribution in [1.82, 2.24) is 15.1 Å². The van der Waals surface area contributed by atoms with Crippen LogP contribution in [0.3, 0.4) is 0 Å². The summed E-state index contributed by atoms with van der Waals surface area (Å²) in [5.74, 6) is 1.09. The molecule has 0 spiro atoms. The fraction of sp³-hybridized carbons (Fsp3) is 0.923. The van der Waals surface area contributed by atoms with E-state index in [0.717, 1.165) is 51.4 Å². The van der Waals surface area contributed by atoms with Crippen molar-refractivity contribution < 1.29 is 4.79 Å². The molecule has 0 aromatic rings. The van der Waals surface area contributed by atoms with Gasteiger partial charge in [-0.2, -0.15) is 0 Å². The fourth-order valence-corrected chi connectivity index (χ4v) is 2.84. The van der Waals surface area contributed by atoms with Gasteiger partial charge in [-0.3, -0.25) is 4.79 Å². The maximum absolute atomic E-state index is 12.1. The van der Waals surface area contributed by atoms with Crippen molar-refractivity contribution in [3.8, 4) is 0 Å². The van der Waals surface area contributed by atoms with Crippen LogP contribution in [0.15, 0.2) is 0 Å². The molecule has 2 saturated heterocycles. The van der Waals surface area contributed by atoms with E-state index in [1.807, 2.05) is 4.90 Å². The molecule has 0 saturated carbocycles. The van der Waals surface area contributed by atoms with Crippen molar-refractivity contribution in [3.63, 3.8) is 0 Å². The topological polar surface area (TPSA) is 35.6 Å². The van der Waals surface area contributed by atoms with E-state index >= 15 is 0 Å². The Morgan fingerprint density at radius 1 is 1.41 bits per heavy atom. The van der Waals surface area contributed by atoms with Gasteiger partial charge in [-0.1, -0.05) is 0 Å². The van der Waals surface area contributed by atoms with Gasteiger partial charge in [-0.15, -0.1) is 0 Å². The van der Waals surface area contributed by atoms with Gasteiger partial charge in [0.15, 0.2) is 0 Å². The Kier molecular flexibility index (Phi) is 4.40. The van der Waals surface area contributed by atoms with E-state index in [0.29, 0.717) is 11.9 Å². The third-order valence-electron chi connectivity index (χ3n) is 4.18. The van der Waals surface area contributed by atoms with E-state index in [-0.39, 0.29) is 0 Å². The minimum absolute atomic E-state index is 0.362. The summed E-state index contributed by atoms with van der Waals surface area (Å²) in [6, 6.07) is 0.562. The molecule has 4 nitrogen and oxygen atoms in total. The third kappa shape index (κ3) is 3.42. The van der Waals surface area contributed by atoms with Crippen molar-refractivity contribution in [2.45, 2.75) is 31.7 Å². The first-order valence-corrected chi connectivity index (χ1v) is 6.81. The number of carbonyl (C=O) groups excluding carboxylic acids is 1. The van der Waals surface area contributed by atoms with Gasteiger partial charge < -0.3 is 15.1 Å². The largest absolute Gasteiger partial charge is 0.341 e. The van der Waals surface area contributed by atoms with Crippen LogP contribution in [0.1, 0.15) is 25.7 Å². The summed E-state index contributed by atoms with van der Waals surface area (Å²) < 4.78 is 0. The number of hydrogen-bond acceptors (Lipinski definition) is 3. The Hall–Kier alpha value is -0.610. The molecule has 0 bridgehead atoms. The fourth-order valence-electron chi connectivity index (χ4n) is 2.84. The van der Waals surface area contributed by atoms with Gasteiger partial charge in [0, 0.05) is 25.6 Å². The van der Waals surface area contributed by atoms with Gasteiger partial charge in [0.2, 0.25) is 5.91 Å². The van der Waals surface area contributed by atoms with Gasteiger partial charge in [0.05, 0.1) is 0 Å². The van der Waals surface area contributed by atoms with E-state index in [4.69, 9.17) is 0 Å². The number of likely N-dealkylation sites (N-methyl/N-ethyl adjacent to an activating group) is 1. The second kappa shape index (κ2) is 5.83. The second-order valence-corrected chi connectivity index (χ2v) is 5.64. The van der Waals surface area contributed by atoms with Gasteiger partial charge >= 0.3 is 0 Å². The van der Waals surface area contributed by atoms with Crippen LogP contribution in [-0.4, -0.2) is 62.0 Å². The quantitative estimate of drug-likeness (QED) is 0.778. The van der Waals surface area contributed by atoms with E-state index in [2.05, 4.69) is 24.3 Å². The zero-order valence-corrected chi connectivity index (χ0v) is 11.1. The lowest BCUT2D eigenvalue weighted by Gasteiger charge is -2.20. The van der Waals surface area contributed by atoms with E-state index in [1.165, 1.54) is 6.42 Å². The zero-order chi connectivity index (χ0) is 12.3. The van der Waals surface area contributed by atoms with Crippen LogP contribution in [0.4, 0.5) is 0 Å². The number of rotatable bonds is 4. The number of nitrogens with zero attached hydrogens (tertiary/aromatic N) is 2. The number of likely N-dealkylation sites (tertiary alicyclic amines) is 1. The Morgan fingerprint density at radius 2 is 2.24 bits per heavy atom. The van der Waals surface area contributed by atoms with Crippen molar-refractivity contribution in [2.75, 3.05) is 40.3 Å². The van der Waals surface area contributed by atoms with E-state index in [1.54, 1.807) is 0 Å². The standard InChI is InChI=1S/C13H25N3O/c1-15(2)12-6-8-16(10-12)13(17)4-3-11-5-7-14-9-11/h11-12,14H,3-10H2,1-2H3. The molecular weight excluding hydrogens is 214 g/mol. The summed E-state index contributed by atoms with van der Waals surface area (Å²) in [5.41, 5.74) is 0. The lowest BCUT2D eigenvalue weighted by molar-refractivity contribution is -0.130. The number of carbonyl (C=O) groups is 1. The lowest BCUT2D eigenvalue weighted by Crippen LogP contribution is -2.34. The monoisotopic (exact) mass is 239 g/mol. The van der Waals surface area contributed by atoms with Crippen LogP contribution >= 0.6 is 0 Å². The van der Waals surface area contributed by atoms with Crippen LogP contribution in [-0.2, 0) is 4.79 Å². The smallest absolute Gasteiger partial charge is 0.222 e. The minimum atomic E-state index is 0.362. The van der Waals surface area contributed by atoms with Crippen molar-refractivity contribution in [1.29, 1.82) is 0 Å². The predicted molar refractivity (Wildman–Crippen MR) is 68.9 cm³/mol. The van der Waals surface area contributed by atoms with Crippen molar-refractivity contribution in [2.24, 2.45) is 5.92 Å². The first kappa shape index (κ1) is 12.8. The Morgan fingerprint density at radius 3 is 2.82 bits per heavy atom. The molecule has 0 aliphatic carbocycles. The molecule has 2 unspecified atom stereocenters. The Labute approximate surface area is 104 Å². The van der Waals surface area contributed by atoms with Gasteiger partial charge in [0.1, 0.15) is 0 Å². The highest BCUT2D eigenvalue weighted by atomic mass is 16.2. The maximum atomic E-state index is 12.1. The average molecular weight is 239 g/mol. The zero-order valence-electron chi connectivity index (χ0n) is 11.1. The van der Waals surface area contributed by atoms with Gasteiger partial charge in [0.25, 0.3) is 0 Å². The van der Waals surface area contributed by atoms with Crippen molar-refractivity contribution in [3.05, 3.63) is 0 Å². The van der Waals surface area contributed by atoms with Gasteiger partial charge in [-0.25, -0.2) is 0 Å². The minimum Gasteiger partial charge on any atom is -0.341 e. The predicted octanol–water partition coefficient (Wildman–Crippen LogP) is 0.539. The summed E-state index contributed by atoms with van der Waals surface area (Å²) >= 11 is 0. The van der Waals surface area contributed by atoms with E-state index < -0.39 is 0 Å². The number of nitrogens with one attached hydrogen (secondary N) is 1. The molecule has 17 heavy (non-hydrogen) atoms. The van der Waals surface area contributed by atoms with Crippen LogP contribution in [0.2, 0.25) is 0 Å². The molecule has 2 fully saturated rings. The molecule has 0 aromatic carbocycles. The molecule has 2 aliphatic rings. The molecule has 98 valence electrons. The molecule has 1 N–H and O–H groups in total. The Balaban J connectivity index is 1.69. The maximum Gasteiger partial charge on any atom is 0.222 e. The highest BCUT2D eigenvalue weighted by Gasteiger charge is 2.27. The molecule has 2 rings (SSSR count). The second-order valence-electron chi connectivity index (χ2n) is 5.64. The molecular formula is C13H25N3O. The SMILES string of the molecule is CN(C)C1CCN(C(=O)CCC2CCNC2)C1. The van der Waals surface area contributed by atoms with Gasteiger partial charge in [-0.05, 0) is 52.4 Å². The van der Waals surface area contributed by atoms with Crippen molar-refractivity contribution >= 4 is 5.91 Å². The molecule has 2 atom stereocenters. The molecule has 2 heterocycles. The number of amides is 1. The summed E-state index contributed by atoms with van der Waals surface area (Å²) in [5, 5.41) is 3.36. The average Bonchev–Trinajstić information content (AvgIpc) is 2.96. The third-order valence-corrected chi connectivity index (χ3v) is 4.18. The summed E-state index contributed by atoms with van der Waals surface area (Å²) in [7, 11) is 4.20. The molecule has 0 radical (unpaired) electrons. The number of hydrogen-bond donors (Lipinski definition) is 1.